The summed E-state index contributed by atoms with van der Waals surface area (Å²) < 4.78 is 1.72. The second kappa shape index (κ2) is 8.52. The Kier molecular flexibility index (Phi) is 5.68. The number of nitrogens with one attached hydrogen (secondary N) is 1. The first-order valence-corrected chi connectivity index (χ1v) is 8.53. The van der Waals surface area contributed by atoms with Crippen LogP contribution in [-0.2, 0) is 11.3 Å². The van der Waals surface area contributed by atoms with E-state index < -0.39 is 11.9 Å². The molecule has 0 radical (unpaired) electrons. The monoisotopic (exact) mass is 371 g/mol. The van der Waals surface area contributed by atoms with Gasteiger partial charge in [-0.05, 0) is 42.0 Å². The summed E-state index contributed by atoms with van der Waals surface area (Å²) in [6.45, 7) is 0.320. The van der Waals surface area contributed by atoms with Crippen molar-refractivity contribution in [3.05, 3.63) is 95.3 Å². The Balaban J connectivity index is 1.83. The standard InChI is InChI=1S/C22H17N3O3/c23-14-18(21(26)24-15-16-6-2-1-3-7-16)13-20-10-5-11-25(20)19-9-4-8-17(12-19)22(27)28/h1-13H,15H2,(H,24,26)(H,27,28)/b18-13-. The van der Waals surface area contributed by atoms with Crippen LogP contribution < -0.4 is 5.32 Å². The van der Waals surface area contributed by atoms with Crippen molar-refractivity contribution in [2.45, 2.75) is 6.54 Å². The van der Waals surface area contributed by atoms with E-state index in [0.29, 0.717) is 17.9 Å². The zero-order chi connectivity index (χ0) is 19.9. The van der Waals surface area contributed by atoms with Gasteiger partial charge >= 0.3 is 5.97 Å². The Morgan fingerprint density at radius 1 is 1.07 bits per heavy atom. The van der Waals surface area contributed by atoms with Crippen LogP contribution >= 0.6 is 0 Å². The fourth-order valence-corrected chi connectivity index (χ4v) is 2.71. The molecule has 0 aliphatic rings. The number of nitriles is 1. The number of nitrogens with zero attached hydrogens (tertiary/aromatic N) is 2. The molecule has 0 saturated carbocycles. The molecule has 0 aliphatic heterocycles. The topological polar surface area (TPSA) is 95.1 Å². The average Bonchev–Trinajstić information content (AvgIpc) is 3.19. The molecule has 0 saturated heterocycles. The molecule has 1 aromatic heterocycles. The lowest BCUT2D eigenvalue weighted by molar-refractivity contribution is -0.117. The van der Waals surface area contributed by atoms with Crippen molar-refractivity contribution in [2.24, 2.45) is 0 Å². The third kappa shape index (κ3) is 4.34. The van der Waals surface area contributed by atoms with Crippen LogP contribution in [0, 0.1) is 11.3 Å². The van der Waals surface area contributed by atoms with E-state index in [1.807, 2.05) is 36.4 Å². The van der Waals surface area contributed by atoms with Gasteiger partial charge in [-0.2, -0.15) is 5.26 Å². The number of hydrogen-bond acceptors (Lipinski definition) is 3. The van der Waals surface area contributed by atoms with Crippen LogP contribution in [0.5, 0.6) is 0 Å². The molecule has 1 amide bonds. The van der Waals surface area contributed by atoms with E-state index in [9.17, 15) is 14.9 Å². The molecule has 6 nitrogen and oxygen atoms in total. The molecule has 0 aliphatic carbocycles. The molecule has 2 N–H and O–H groups in total. The third-order valence-electron chi connectivity index (χ3n) is 4.10. The Labute approximate surface area is 162 Å². The van der Waals surface area contributed by atoms with Gasteiger partial charge in [-0.25, -0.2) is 4.79 Å². The average molecular weight is 371 g/mol. The number of carbonyl (C=O) groups is 2. The number of benzene rings is 2. The largest absolute Gasteiger partial charge is 0.478 e. The molecule has 2 aromatic carbocycles. The van der Waals surface area contributed by atoms with Crippen molar-refractivity contribution in [1.82, 2.24) is 9.88 Å². The van der Waals surface area contributed by atoms with Gasteiger partial charge in [-0.1, -0.05) is 36.4 Å². The van der Waals surface area contributed by atoms with E-state index in [4.69, 9.17) is 5.11 Å². The molecule has 1 heterocycles. The van der Waals surface area contributed by atoms with E-state index in [1.54, 1.807) is 35.0 Å². The van der Waals surface area contributed by atoms with Gasteiger partial charge in [0.2, 0.25) is 0 Å². The molecule has 6 heteroatoms. The van der Waals surface area contributed by atoms with Gasteiger partial charge in [0.15, 0.2) is 0 Å². The van der Waals surface area contributed by atoms with Crippen molar-refractivity contribution >= 4 is 18.0 Å². The Hall–Kier alpha value is -4.11. The van der Waals surface area contributed by atoms with Crippen LogP contribution in [0.15, 0.2) is 78.5 Å². The number of rotatable bonds is 6. The van der Waals surface area contributed by atoms with Gasteiger partial charge in [0.25, 0.3) is 5.91 Å². The number of carboxylic acid groups (broad SMARTS) is 1. The summed E-state index contributed by atoms with van der Waals surface area (Å²) >= 11 is 0. The zero-order valence-corrected chi connectivity index (χ0v) is 14.9. The molecule has 0 unspecified atom stereocenters. The molecular formula is C22H17N3O3. The van der Waals surface area contributed by atoms with Gasteiger partial charge in [0.1, 0.15) is 11.6 Å². The van der Waals surface area contributed by atoms with Crippen LogP contribution in [-0.4, -0.2) is 21.6 Å². The Morgan fingerprint density at radius 3 is 2.57 bits per heavy atom. The van der Waals surface area contributed by atoms with Crippen LogP contribution in [0.4, 0.5) is 0 Å². The second-order valence-electron chi connectivity index (χ2n) is 6.00. The van der Waals surface area contributed by atoms with Crippen molar-refractivity contribution in [3.63, 3.8) is 0 Å². The SMILES string of the molecule is N#C/C(=C/c1cccn1-c1cccc(C(=O)O)c1)C(=O)NCc1ccccc1. The number of carbonyl (C=O) groups excluding carboxylic acids is 1. The summed E-state index contributed by atoms with van der Waals surface area (Å²) in [5.74, 6) is -1.50. The summed E-state index contributed by atoms with van der Waals surface area (Å²) in [6.07, 6.45) is 3.22. The van der Waals surface area contributed by atoms with Gasteiger partial charge in [-0.3, -0.25) is 4.79 Å². The lowest BCUT2D eigenvalue weighted by Crippen LogP contribution is -2.24. The Morgan fingerprint density at radius 2 is 1.86 bits per heavy atom. The van der Waals surface area contributed by atoms with Gasteiger partial charge in [0, 0.05) is 24.1 Å². The number of aromatic nitrogens is 1. The fourth-order valence-electron chi connectivity index (χ4n) is 2.71. The highest BCUT2D eigenvalue weighted by Crippen LogP contribution is 2.17. The smallest absolute Gasteiger partial charge is 0.335 e. The van der Waals surface area contributed by atoms with Crippen LogP contribution in [0.25, 0.3) is 11.8 Å². The first kappa shape index (κ1) is 18.7. The van der Waals surface area contributed by atoms with Crippen molar-refractivity contribution in [2.75, 3.05) is 0 Å². The summed E-state index contributed by atoms with van der Waals surface area (Å²) in [4.78, 5) is 23.6. The number of aromatic carboxylic acids is 1. The number of amides is 1. The van der Waals surface area contributed by atoms with E-state index in [1.165, 1.54) is 18.2 Å². The first-order valence-electron chi connectivity index (χ1n) is 8.53. The van der Waals surface area contributed by atoms with Crippen molar-refractivity contribution < 1.29 is 14.7 Å². The molecule has 28 heavy (non-hydrogen) atoms. The maximum atomic E-state index is 12.4. The molecule has 0 atom stereocenters. The van der Waals surface area contributed by atoms with E-state index in [0.717, 1.165) is 5.56 Å². The van der Waals surface area contributed by atoms with E-state index in [2.05, 4.69) is 5.32 Å². The normalized spacial score (nSPS) is 10.9. The Bertz CT molecular complexity index is 1080. The van der Waals surface area contributed by atoms with Gasteiger partial charge in [0.05, 0.1) is 5.56 Å². The predicted octanol–water partition coefficient (Wildman–Crippen LogP) is 3.40. The molecule has 3 aromatic rings. The maximum Gasteiger partial charge on any atom is 0.335 e. The lowest BCUT2D eigenvalue weighted by Gasteiger charge is -2.08. The quantitative estimate of drug-likeness (QED) is 0.513. The van der Waals surface area contributed by atoms with Crippen molar-refractivity contribution in [1.29, 1.82) is 5.26 Å². The molecule has 138 valence electrons. The van der Waals surface area contributed by atoms with Crippen LogP contribution in [0.3, 0.4) is 0 Å². The molecule has 3 rings (SSSR count). The van der Waals surface area contributed by atoms with Crippen LogP contribution in [0.2, 0.25) is 0 Å². The van der Waals surface area contributed by atoms with E-state index in [-0.39, 0.29) is 11.1 Å². The minimum Gasteiger partial charge on any atom is -0.478 e. The highest BCUT2D eigenvalue weighted by molar-refractivity contribution is 6.01. The highest BCUT2D eigenvalue weighted by atomic mass is 16.4. The molecule has 0 bridgehead atoms. The van der Waals surface area contributed by atoms with Crippen molar-refractivity contribution in [3.8, 4) is 11.8 Å². The minimum atomic E-state index is -1.02. The third-order valence-corrected chi connectivity index (χ3v) is 4.10. The fraction of sp³-hybridized carbons (Fsp3) is 0.0455. The molecule has 0 fully saturated rings. The first-order chi connectivity index (χ1) is 13.6. The van der Waals surface area contributed by atoms with Gasteiger partial charge in [-0.15, -0.1) is 0 Å². The maximum absolute atomic E-state index is 12.4. The zero-order valence-electron chi connectivity index (χ0n) is 14.9. The molecular weight excluding hydrogens is 354 g/mol. The highest BCUT2D eigenvalue weighted by Gasteiger charge is 2.11. The summed E-state index contributed by atoms with van der Waals surface area (Å²) in [6, 6.07) is 21.3. The van der Waals surface area contributed by atoms with Crippen LogP contribution in [0.1, 0.15) is 21.6 Å². The second-order valence-corrected chi connectivity index (χ2v) is 6.00. The summed E-state index contributed by atoms with van der Waals surface area (Å²) in [5.41, 5.74) is 2.27. The summed E-state index contributed by atoms with van der Waals surface area (Å²) in [7, 11) is 0. The van der Waals surface area contributed by atoms with Gasteiger partial charge < -0.3 is 15.0 Å². The lowest BCUT2D eigenvalue weighted by atomic mass is 10.1. The molecule has 0 spiro atoms. The summed E-state index contributed by atoms with van der Waals surface area (Å²) in [5, 5.41) is 21.3. The predicted molar refractivity (Wildman–Crippen MR) is 105 cm³/mol. The number of hydrogen-bond donors (Lipinski definition) is 2. The van der Waals surface area contributed by atoms with E-state index >= 15 is 0 Å². The minimum absolute atomic E-state index is 0.0368. The number of carboxylic acids is 1.